The third-order valence-electron chi connectivity index (χ3n) is 6.95. The molecule has 3 aromatic rings. The molecule has 1 atom stereocenters. The summed E-state index contributed by atoms with van der Waals surface area (Å²) in [7, 11) is 1.71. The van der Waals surface area contributed by atoms with E-state index < -0.39 is 11.9 Å². The Hall–Kier alpha value is -3.22. The molecular weight excluding hydrogens is 416 g/mol. The summed E-state index contributed by atoms with van der Waals surface area (Å²) in [6, 6.07) is 14.3. The minimum absolute atomic E-state index is 0.0876. The van der Waals surface area contributed by atoms with Crippen LogP contribution < -0.4 is 4.74 Å². The predicted octanol–water partition coefficient (Wildman–Crippen LogP) is 4.74. The number of nitrogens with zero attached hydrogens (tertiary/aromatic N) is 4. The molecule has 7 heteroatoms. The number of fused-ring (bicyclic) bond motifs is 1. The van der Waals surface area contributed by atoms with Gasteiger partial charge in [-0.15, -0.1) is 5.10 Å². The van der Waals surface area contributed by atoms with Crippen LogP contribution in [0.3, 0.4) is 0 Å². The summed E-state index contributed by atoms with van der Waals surface area (Å²) < 4.78 is 7.58. The number of tetrazole rings is 1. The van der Waals surface area contributed by atoms with Crippen molar-refractivity contribution in [1.29, 1.82) is 0 Å². The zero-order valence-electron chi connectivity index (χ0n) is 20.0. The SMILES string of the molecule is Cn1nnnc1C(CC(=O)O)c1ccc(OCc2ccc3c(c2)C(C)(C)CCC3(C)C)cc1. The number of benzene rings is 2. The van der Waals surface area contributed by atoms with Gasteiger partial charge < -0.3 is 9.84 Å². The van der Waals surface area contributed by atoms with Crippen molar-refractivity contribution in [3.05, 3.63) is 70.5 Å². The number of ether oxygens (including phenoxy) is 1. The monoisotopic (exact) mass is 448 g/mol. The third-order valence-corrected chi connectivity index (χ3v) is 6.95. The highest BCUT2D eigenvalue weighted by molar-refractivity contribution is 5.68. The van der Waals surface area contributed by atoms with Gasteiger partial charge in [-0.2, -0.15) is 0 Å². The summed E-state index contributed by atoms with van der Waals surface area (Å²) >= 11 is 0. The van der Waals surface area contributed by atoms with Crippen LogP contribution in [0.2, 0.25) is 0 Å². The van der Waals surface area contributed by atoms with Crippen LogP contribution in [0.25, 0.3) is 0 Å². The van der Waals surface area contributed by atoms with Crippen LogP contribution in [-0.2, 0) is 29.3 Å². The minimum atomic E-state index is -0.901. The van der Waals surface area contributed by atoms with E-state index in [1.807, 2.05) is 24.3 Å². The highest BCUT2D eigenvalue weighted by Gasteiger charge is 2.36. The van der Waals surface area contributed by atoms with Gasteiger partial charge >= 0.3 is 5.97 Å². The van der Waals surface area contributed by atoms with Gasteiger partial charge in [-0.05, 0) is 68.5 Å². The summed E-state index contributed by atoms with van der Waals surface area (Å²) in [5.41, 5.74) is 5.21. The van der Waals surface area contributed by atoms with Gasteiger partial charge in [0.1, 0.15) is 12.4 Å². The van der Waals surface area contributed by atoms with Gasteiger partial charge in [0.25, 0.3) is 0 Å². The van der Waals surface area contributed by atoms with Crippen molar-refractivity contribution < 1.29 is 14.6 Å². The first-order valence-corrected chi connectivity index (χ1v) is 11.4. The maximum atomic E-state index is 11.4. The molecule has 0 radical (unpaired) electrons. The van der Waals surface area contributed by atoms with Gasteiger partial charge in [0, 0.05) is 7.05 Å². The van der Waals surface area contributed by atoms with Crippen LogP contribution in [0, 0.1) is 0 Å². The molecule has 4 rings (SSSR count). The largest absolute Gasteiger partial charge is 0.489 e. The number of rotatable bonds is 7. The van der Waals surface area contributed by atoms with Gasteiger partial charge in [-0.3, -0.25) is 4.79 Å². The van der Waals surface area contributed by atoms with Gasteiger partial charge in [-0.25, -0.2) is 4.68 Å². The number of aromatic nitrogens is 4. The molecule has 1 aliphatic carbocycles. The zero-order valence-corrected chi connectivity index (χ0v) is 20.0. The molecule has 0 spiro atoms. The van der Waals surface area contributed by atoms with E-state index in [0.717, 1.165) is 16.9 Å². The molecule has 174 valence electrons. The summed E-state index contributed by atoms with van der Waals surface area (Å²) in [6.45, 7) is 9.78. The topological polar surface area (TPSA) is 90.1 Å². The number of carboxylic acid groups (broad SMARTS) is 1. The van der Waals surface area contributed by atoms with E-state index in [1.54, 1.807) is 7.05 Å². The number of hydrogen-bond acceptors (Lipinski definition) is 5. The molecule has 1 N–H and O–H groups in total. The first kappa shape index (κ1) is 23.0. The Morgan fingerprint density at radius 1 is 1.06 bits per heavy atom. The fourth-order valence-corrected chi connectivity index (χ4v) is 4.75. The fraction of sp³-hybridized carbons (Fsp3) is 0.462. The summed E-state index contributed by atoms with van der Waals surface area (Å²) in [6.07, 6.45) is 2.29. The maximum Gasteiger partial charge on any atom is 0.304 e. The van der Waals surface area contributed by atoms with Crippen molar-refractivity contribution in [3.8, 4) is 5.75 Å². The molecule has 1 unspecified atom stereocenters. The van der Waals surface area contributed by atoms with E-state index >= 15 is 0 Å². The van der Waals surface area contributed by atoms with Crippen molar-refractivity contribution in [2.75, 3.05) is 0 Å². The molecule has 0 saturated heterocycles. The maximum absolute atomic E-state index is 11.4. The summed E-state index contributed by atoms with van der Waals surface area (Å²) in [5.74, 6) is -0.0727. The average Bonchev–Trinajstić information content (AvgIpc) is 3.20. The van der Waals surface area contributed by atoms with Crippen molar-refractivity contribution >= 4 is 5.97 Å². The quantitative estimate of drug-likeness (QED) is 0.561. The normalized spacial score (nSPS) is 17.2. The molecule has 0 aliphatic heterocycles. The predicted molar refractivity (Wildman–Crippen MR) is 125 cm³/mol. The Morgan fingerprint density at radius 3 is 2.33 bits per heavy atom. The zero-order chi connectivity index (χ0) is 23.8. The number of carbonyl (C=O) groups is 1. The van der Waals surface area contributed by atoms with Gasteiger partial charge in [0.15, 0.2) is 5.82 Å². The molecule has 1 aromatic heterocycles. The van der Waals surface area contributed by atoms with E-state index in [-0.39, 0.29) is 17.3 Å². The number of hydrogen-bond donors (Lipinski definition) is 1. The van der Waals surface area contributed by atoms with Crippen LogP contribution in [0.5, 0.6) is 5.75 Å². The van der Waals surface area contributed by atoms with Gasteiger partial charge in [0.2, 0.25) is 0 Å². The standard InChI is InChI=1S/C26H32N4O3/c1-25(2)12-13-26(3,4)22-14-17(6-11-21(22)25)16-33-19-9-7-18(8-10-19)20(15-23(31)32)24-27-28-29-30(24)5/h6-11,14,20H,12-13,15-16H2,1-5H3,(H,31,32). The van der Waals surface area contributed by atoms with Crippen LogP contribution in [0.4, 0.5) is 0 Å². The van der Waals surface area contributed by atoms with E-state index in [4.69, 9.17) is 4.74 Å². The summed E-state index contributed by atoms with van der Waals surface area (Å²) in [4.78, 5) is 11.4. The molecule has 1 aliphatic rings. The van der Waals surface area contributed by atoms with Gasteiger partial charge in [-0.1, -0.05) is 58.0 Å². The van der Waals surface area contributed by atoms with Crippen molar-refractivity contribution in [2.24, 2.45) is 7.05 Å². The Labute approximate surface area is 194 Å². The van der Waals surface area contributed by atoms with Crippen LogP contribution in [-0.4, -0.2) is 31.3 Å². The highest BCUT2D eigenvalue weighted by Crippen LogP contribution is 2.46. The molecule has 0 amide bonds. The molecule has 1 heterocycles. The number of aryl methyl sites for hydroxylation is 1. The lowest BCUT2D eigenvalue weighted by Gasteiger charge is -2.42. The number of carboxylic acids is 1. The lowest BCUT2D eigenvalue weighted by Crippen LogP contribution is -2.33. The molecule has 7 nitrogen and oxygen atoms in total. The molecule has 0 bridgehead atoms. The Balaban J connectivity index is 1.50. The summed E-state index contributed by atoms with van der Waals surface area (Å²) in [5, 5.41) is 20.8. The Morgan fingerprint density at radius 2 is 1.73 bits per heavy atom. The lowest BCUT2D eigenvalue weighted by atomic mass is 9.63. The van der Waals surface area contributed by atoms with Gasteiger partial charge in [0.05, 0.1) is 12.3 Å². The first-order chi connectivity index (χ1) is 15.6. The van der Waals surface area contributed by atoms with E-state index in [0.29, 0.717) is 12.4 Å². The smallest absolute Gasteiger partial charge is 0.304 e. The van der Waals surface area contributed by atoms with Crippen LogP contribution >= 0.6 is 0 Å². The fourth-order valence-electron chi connectivity index (χ4n) is 4.75. The average molecular weight is 449 g/mol. The van der Waals surface area contributed by atoms with Crippen molar-refractivity contribution in [2.45, 2.75) is 70.3 Å². The van der Waals surface area contributed by atoms with E-state index in [9.17, 15) is 9.90 Å². The van der Waals surface area contributed by atoms with Crippen molar-refractivity contribution in [3.63, 3.8) is 0 Å². The first-order valence-electron chi connectivity index (χ1n) is 11.4. The van der Waals surface area contributed by atoms with Crippen LogP contribution in [0.15, 0.2) is 42.5 Å². The number of aliphatic carboxylic acids is 1. The minimum Gasteiger partial charge on any atom is -0.489 e. The third kappa shape index (κ3) is 4.77. The second-order valence-electron chi connectivity index (χ2n) is 10.3. The molecule has 33 heavy (non-hydrogen) atoms. The van der Waals surface area contributed by atoms with E-state index in [2.05, 4.69) is 61.4 Å². The molecular formula is C26H32N4O3. The lowest BCUT2D eigenvalue weighted by molar-refractivity contribution is -0.137. The molecule has 0 fully saturated rings. The Bertz CT molecular complexity index is 1150. The van der Waals surface area contributed by atoms with E-state index in [1.165, 1.54) is 28.7 Å². The van der Waals surface area contributed by atoms with Crippen molar-refractivity contribution in [1.82, 2.24) is 20.2 Å². The second-order valence-corrected chi connectivity index (χ2v) is 10.3. The van der Waals surface area contributed by atoms with Crippen LogP contribution in [0.1, 0.15) is 81.0 Å². The highest BCUT2D eigenvalue weighted by atomic mass is 16.5. The Kier molecular flexibility index (Phi) is 5.99. The molecule has 2 aromatic carbocycles. The second kappa shape index (κ2) is 8.61. The molecule has 0 saturated carbocycles.